The lowest BCUT2D eigenvalue weighted by Crippen LogP contribution is -2.55. The van der Waals surface area contributed by atoms with Crippen LogP contribution < -0.4 is 10.6 Å². The summed E-state index contributed by atoms with van der Waals surface area (Å²) < 4.78 is 26.1. The molecule has 9 nitrogen and oxygen atoms in total. The first-order valence-corrected chi connectivity index (χ1v) is 10.2. The van der Waals surface area contributed by atoms with E-state index >= 15 is 0 Å². The molecule has 1 aliphatic rings. The Labute approximate surface area is 162 Å². The van der Waals surface area contributed by atoms with Crippen molar-refractivity contribution in [1.82, 2.24) is 10.6 Å². The van der Waals surface area contributed by atoms with Crippen LogP contribution in [0.3, 0.4) is 0 Å². The number of ether oxygens (including phenoxy) is 1. The molecule has 2 N–H and O–H groups in total. The van der Waals surface area contributed by atoms with Gasteiger partial charge in [-0.05, 0) is 25.2 Å². The van der Waals surface area contributed by atoms with Crippen LogP contribution in [0.2, 0.25) is 0 Å². The van der Waals surface area contributed by atoms with Gasteiger partial charge in [0.05, 0.1) is 6.61 Å². The number of hydrogen-bond donors (Lipinski definition) is 2. The van der Waals surface area contributed by atoms with Crippen molar-refractivity contribution in [3.05, 3.63) is 0 Å². The van der Waals surface area contributed by atoms with Crippen LogP contribution in [0, 0.1) is 11.8 Å². The molecule has 27 heavy (non-hydrogen) atoms. The third kappa shape index (κ3) is 7.19. The molecule has 0 aliphatic carbocycles. The number of amides is 2. The minimum atomic E-state index is -2.24. The number of esters is 1. The summed E-state index contributed by atoms with van der Waals surface area (Å²) in [7, 11) is 0. The van der Waals surface area contributed by atoms with Crippen LogP contribution in [-0.4, -0.2) is 53.4 Å². The van der Waals surface area contributed by atoms with Crippen molar-refractivity contribution in [2.75, 3.05) is 13.2 Å². The Morgan fingerprint density at radius 2 is 1.74 bits per heavy atom. The zero-order valence-corrected chi connectivity index (χ0v) is 17.3. The van der Waals surface area contributed by atoms with Gasteiger partial charge in [0.1, 0.15) is 6.04 Å². The molecule has 0 saturated carbocycles. The molecular weight excluding hydrogens is 376 g/mol. The summed E-state index contributed by atoms with van der Waals surface area (Å²) >= 11 is -2.24. The van der Waals surface area contributed by atoms with Gasteiger partial charge >= 0.3 is 17.3 Å². The summed E-state index contributed by atoms with van der Waals surface area (Å²) in [6, 6.07) is -0.810. The van der Waals surface area contributed by atoms with E-state index < -0.39 is 41.5 Å². The Hall–Kier alpha value is -1.52. The van der Waals surface area contributed by atoms with Gasteiger partial charge in [-0.2, -0.15) is 4.21 Å². The Kier molecular flexibility index (Phi) is 9.89. The zero-order chi connectivity index (χ0) is 20.6. The molecule has 10 heteroatoms. The molecule has 1 rings (SSSR count). The molecule has 1 fully saturated rings. The van der Waals surface area contributed by atoms with Crippen LogP contribution in [0.5, 0.6) is 0 Å². The summed E-state index contributed by atoms with van der Waals surface area (Å²) in [5.41, 5.74) is 0. The minimum Gasteiger partial charge on any atom is -0.464 e. The maximum Gasteiger partial charge on any atom is 0.340 e. The van der Waals surface area contributed by atoms with Crippen LogP contribution in [0.4, 0.5) is 0 Å². The maximum atomic E-state index is 12.6. The first-order chi connectivity index (χ1) is 12.7. The lowest BCUT2D eigenvalue weighted by molar-refractivity contribution is -0.155. The predicted octanol–water partition coefficient (Wildman–Crippen LogP) is 0.605. The maximum absolute atomic E-state index is 12.6. The van der Waals surface area contributed by atoms with Gasteiger partial charge in [0, 0.05) is 6.54 Å². The number of hydrogen-bond acceptors (Lipinski definition) is 7. The number of carbonyl (C=O) groups excluding carboxylic acids is 3. The molecule has 156 valence electrons. The molecule has 1 aliphatic heterocycles. The fraction of sp³-hybridized carbons (Fsp3) is 0.824. The third-order valence-corrected chi connectivity index (χ3v) is 4.96. The van der Waals surface area contributed by atoms with E-state index in [1.165, 1.54) is 0 Å². The Morgan fingerprint density at radius 3 is 2.30 bits per heavy atom. The van der Waals surface area contributed by atoms with E-state index in [1.54, 1.807) is 6.92 Å². The van der Waals surface area contributed by atoms with Crippen molar-refractivity contribution in [1.29, 1.82) is 0 Å². The van der Waals surface area contributed by atoms with Crippen LogP contribution >= 0.6 is 0 Å². The largest absolute Gasteiger partial charge is 0.464 e. The summed E-state index contributed by atoms with van der Waals surface area (Å²) in [5.74, 6) is -1.62. The van der Waals surface area contributed by atoms with Crippen molar-refractivity contribution < 1.29 is 31.7 Å². The normalized spacial score (nSPS) is 24.3. The first kappa shape index (κ1) is 23.5. The van der Waals surface area contributed by atoms with E-state index in [2.05, 4.69) is 10.6 Å². The summed E-state index contributed by atoms with van der Waals surface area (Å²) in [4.78, 5) is 37.0. The Balaban J connectivity index is 2.81. The lowest BCUT2D eigenvalue weighted by Gasteiger charge is -2.25. The average molecular weight is 407 g/mol. The second kappa shape index (κ2) is 11.4. The molecule has 0 aromatic rings. The number of nitrogens with one attached hydrogen (secondary N) is 2. The highest BCUT2D eigenvalue weighted by molar-refractivity contribution is 7.75. The highest BCUT2D eigenvalue weighted by Gasteiger charge is 2.47. The SMILES string of the molecule is CCOC(=O)[C@H]1OS(=O)O[C@@H]1C(=O)N[C@H](C(=O)NCCC(C)C)C(C)CC. The minimum absolute atomic E-state index is 0.0768. The first-order valence-electron chi connectivity index (χ1n) is 9.21. The Morgan fingerprint density at radius 1 is 1.11 bits per heavy atom. The lowest BCUT2D eigenvalue weighted by atomic mass is 9.97. The van der Waals surface area contributed by atoms with Crippen molar-refractivity contribution >= 4 is 29.1 Å². The molecule has 1 saturated heterocycles. The molecular formula is C17H30N2O7S. The third-order valence-electron chi connectivity index (χ3n) is 4.23. The van der Waals surface area contributed by atoms with E-state index in [4.69, 9.17) is 13.1 Å². The van der Waals surface area contributed by atoms with Crippen LogP contribution in [-0.2, 0) is 38.8 Å². The Bertz CT molecular complexity index is 555. The average Bonchev–Trinajstić information content (AvgIpc) is 3.00. The van der Waals surface area contributed by atoms with Gasteiger partial charge in [-0.25, -0.2) is 8.98 Å². The van der Waals surface area contributed by atoms with Crippen molar-refractivity contribution in [2.24, 2.45) is 11.8 Å². The molecule has 0 aromatic carbocycles. The smallest absolute Gasteiger partial charge is 0.340 e. The van der Waals surface area contributed by atoms with Crippen LogP contribution in [0.25, 0.3) is 0 Å². The molecule has 0 radical (unpaired) electrons. The van der Waals surface area contributed by atoms with Crippen molar-refractivity contribution in [3.8, 4) is 0 Å². The predicted molar refractivity (Wildman–Crippen MR) is 98.4 cm³/mol. The fourth-order valence-electron chi connectivity index (χ4n) is 2.39. The van der Waals surface area contributed by atoms with Crippen molar-refractivity contribution in [3.63, 3.8) is 0 Å². The number of rotatable bonds is 10. The zero-order valence-electron chi connectivity index (χ0n) is 16.5. The van der Waals surface area contributed by atoms with Gasteiger partial charge in [0.15, 0.2) is 6.10 Å². The van der Waals surface area contributed by atoms with E-state index in [1.807, 2.05) is 27.7 Å². The molecule has 0 spiro atoms. The highest BCUT2D eigenvalue weighted by atomic mass is 32.2. The molecule has 0 bridgehead atoms. The summed E-state index contributed by atoms with van der Waals surface area (Å²) in [6.07, 6.45) is -1.42. The quantitative estimate of drug-likeness (QED) is 0.510. The van der Waals surface area contributed by atoms with E-state index in [-0.39, 0.29) is 18.4 Å². The highest BCUT2D eigenvalue weighted by Crippen LogP contribution is 2.20. The second-order valence-electron chi connectivity index (χ2n) is 6.84. The number of carbonyl (C=O) groups is 3. The molecule has 2 amide bonds. The van der Waals surface area contributed by atoms with E-state index in [0.717, 1.165) is 6.42 Å². The molecule has 0 aromatic heterocycles. The summed E-state index contributed by atoms with van der Waals surface area (Å²) in [5, 5.41) is 5.41. The van der Waals surface area contributed by atoms with Gasteiger partial charge in [-0.3, -0.25) is 13.8 Å². The monoisotopic (exact) mass is 406 g/mol. The second-order valence-corrected chi connectivity index (χ2v) is 7.63. The van der Waals surface area contributed by atoms with Gasteiger partial charge in [0.25, 0.3) is 5.91 Å². The fourth-order valence-corrected chi connectivity index (χ4v) is 3.14. The van der Waals surface area contributed by atoms with Crippen LogP contribution in [0.15, 0.2) is 0 Å². The van der Waals surface area contributed by atoms with Gasteiger partial charge in [0.2, 0.25) is 12.0 Å². The van der Waals surface area contributed by atoms with Crippen molar-refractivity contribution in [2.45, 2.75) is 65.7 Å². The summed E-state index contributed by atoms with van der Waals surface area (Å²) in [6.45, 7) is 10.0. The van der Waals surface area contributed by atoms with Gasteiger partial charge < -0.3 is 15.4 Å². The topological polar surface area (TPSA) is 120 Å². The van der Waals surface area contributed by atoms with Gasteiger partial charge in [-0.15, -0.1) is 0 Å². The standard InChI is InChI=1S/C17H30N2O7S/c1-6-11(5)12(15(20)18-9-8-10(3)4)19-16(21)13-14(17(22)24-7-2)26-27(23)25-13/h10-14H,6-9H2,1-5H3,(H,18,20)(H,19,21)/t11?,12-,13-,14-,27?/m0/s1. The van der Waals surface area contributed by atoms with Crippen LogP contribution in [0.1, 0.15) is 47.5 Å². The molecule has 2 unspecified atom stereocenters. The van der Waals surface area contributed by atoms with E-state index in [0.29, 0.717) is 18.9 Å². The molecule has 5 atom stereocenters. The molecule has 1 heterocycles. The van der Waals surface area contributed by atoms with Gasteiger partial charge in [-0.1, -0.05) is 34.1 Å². The van der Waals surface area contributed by atoms with E-state index in [9.17, 15) is 18.6 Å².